The first kappa shape index (κ1) is 17.6. The van der Waals surface area contributed by atoms with Crippen LogP contribution in [0.5, 0.6) is 0 Å². The second kappa shape index (κ2) is 7.53. The minimum absolute atomic E-state index is 0.151. The summed E-state index contributed by atoms with van der Waals surface area (Å²) in [5.41, 5.74) is 6.04. The molecule has 1 aromatic rings. The zero-order valence-corrected chi connectivity index (χ0v) is 13.5. The summed E-state index contributed by atoms with van der Waals surface area (Å²) in [6.07, 6.45) is 1.04. The first-order chi connectivity index (χ1) is 9.78. The number of nitrogens with zero attached hydrogens (tertiary/aromatic N) is 1. The molecule has 0 fully saturated rings. The molecule has 1 amide bonds. The van der Waals surface area contributed by atoms with Crippen molar-refractivity contribution in [1.29, 1.82) is 0 Å². The number of rotatable bonds is 8. The molecular weight excluding hydrogens is 290 g/mol. The van der Waals surface area contributed by atoms with Gasteiger partial charge in [0.2, 0.25) is 15.9 Å². The molecule has 0 aliphatic carbocycles. The van der Waals surface area contributed by atoms with Gasteiger partial charge in [0.25, 0.3) is 0 Å². The summed E-state index contributed by atoms with van der Waals surface area (Å²) >= 11 is 0. The van der Waals surface area contributed by atoms with E-state index in [0.29, 0.717) is 0 Å². The topological polar surface area (TPSA) is 92.5 Å². The zero-order chi connectivity index (χ0) is 16.0. The van der Waals surface area contributed by atoms with Crippen LogP contribution in [0.2, 0.25) is 0 Å². The monoisotopic (exact) mass is 313 g/mol. The molecule has 0 bridgehead atoms. The average molecular weight is 313 g/mol. The first-order valence-corrected chi connectivity index (χ1v) is 8.31. The lowest BCUT2D eigenvalue weighted by atomic mass is 10.1. The maximum Gasteiger partial charge on any atom is 0.243 e. The van der Waals surface area contributed by atoms with E-state index in [9.17, 15) is 13.2 Å². The maximum atomic E-state index is 12.2. The number of carbonyl (C=O) groups is 1. The molecular formula is C14H23N3O3S. The number of benzene rings is 1. The Morgan fingerprint density at radius 2 is 1.90 bits per heavy atom. The van der Waals surface area contributed by atoms with Gasteiger partial charge in [-0.15, -0.1) is 0 Å². The fourth-order valence-corrected chi connectivity index (χ4v) is 3.03. The highest BCUT2D eigenvalue weighted by Crippen LogP contribution is 2.18. The predicted molar refractivity (Wildman–Crippen MR) is 82.2 cm³/mol. The SMILES string of the molecule is CCCNC(C)c1ccc(S(=O)(=O)N(C)CC(N)=O)cc1. The number of primary amides is 1. The zero-order valence-electron chi connectivity index (χ0n) is 12.7. The van der Waals surface area contributed by atoms with Crippen LogP contribution in [-0.2, 0) is 14.8 Å². The number of hydrogen-bond donors (Lipinski definition) is 2. The fourth-order valence-electron chi connectivity index (χ4n) is 1.89. The molecule has 0 aliphatic rings. The highest BCUT2D eigenvalue weighted by Gasteiger charge is 2.22. The smallest absolute Gasteiger partial charge is 0.243 e. The Morgan fingerprint density at radius 3 is 2.38 bits per heavy atom. The molecule has 7 heteroatoms. The van der Waals surface area contributed by atoms with Crippen molar-refractivity contribution in [2.24, 2.45) is 5.73 Å². The lowest BCUT2D eigenvalue weighted by Gasteiger charge is -2.17. The van der Waals surface area contributed by atoms with E-state index in [1.165, 1.54) is 7.05 Å². The van der Waals surface area contributed by atoms with Crippen LogP contribution in [0.1, 0.15) is 31.9 Å². The molecule has 0 radical (unpaired) electrons. The summed E-state index contributed by atoms with van der Waals surface area (Å²) in [5.74, 6) is -0.685. The number of sulfonamides is 1. The summed E-state index contributed by atoms with van der Waals surface area (Å²) in [6.45, 7) is 4.68. The molecule has 1 atom stereocenters. The third-order valence-electron chi connectivity index (χ3n) is 3.17. The van der Waals surface area contributed by atoms with Crippen LogP contribution in [-0.4, -0.2) is 38.8 Å². The highest BCUT2D eigenvalue weighted by atomic mass is 32.2. The number of nitrogens with two attached hydrogens (primary N) is 1. The van der Waals surface area contributed by atoms with Gasteiger partial charge in [-0.05, 0) is 37.6 Å². The fraction of sp³-hybridized carbons (Fsp3) is 0.500. The van der Waals surface area contributed by atoms with Crippen molar-refractivity contribution in [3.05, 3.63) is 29.8 Å². The van der Waals surface area contributed by atoms with Crippen LogP contribution in [0.15, 0.2) is 29.2 Å². The largest absolute Gasteiger partial charge is 0.369 e. The molecule has 21 heavy (non-hydrogen) atoms. The van der Waals surface area contributed by atoms with E-state index in [1.807, 2.05) is 6.92 Å². The van der Waals surface area contributed by atoms with Crippen molar-refractivity contribution in [1.82, 2.24) is 9.62 Å². The van der Waals surface area contributed by atoms with Gasteiger partial charge in [0, 0.05) is 13.1 Å². The quantitative estimate of drug-likeness (QED) is 0.744. The summed E-state index contributed by atoms with van der Waals surface area (Å²) in [5, 5.41) is 3.33. The standard InChI is InChI=1S/C14H23N3O3S/c1-4-9-16-11(2)12-5-7-13(8-6-12)21(19,20)17(3)10-14(15)18/h5-8,11,16H,4,9-10H2,1-3H3,(H2,15,18). The molecule has 1 aromatic carbocycles. The molecule has 1 rings (SSSR count). The van der Waals surface area contributed by atoms with Gasteiger partial charge in [-0.1, -0.05) is 19.1 Å². The molecule has 6 nitrogen and oxygen atoms in total. The van der Waals surface area contributed by atoms with Crippen molar-refractivity contribution in [2.45, 2.75) is 31.2 Å². The Morgan fingerprint density at radius 1 is 1.33 bits per heavy atom. The predicted octanol–water partition coefficient (Wildman–Crippen LogP) is 0.853. The van der Waals surface area contributed by atoms with E-state index >= 15 is 0 Å². The van der Waals surface area contributed by atoms with E-state index in [1.54, 1.807) is 24.3 Å². The number of amides is 1. The summed E-state index contributed by atoms with van der Waals surface area (Å²) in [6, 6.07) is 6.81. The van der Waals surface area contributed by atoms with E-state index in [0.717, 1.165) is 22.8 Å². The van der Waals surface area contributed by atoms with Gasteiger partial charge >= 0.3 is 0 Å². The molecule has 0 aliphatic heterocycles. The average Bonchev–Trinajstić information content (AvgIpc) is 2.44. The van der Waals surface area contributed by atoms with Crippen LogP contribution in [0, 0.1) is 0 Å². The second-order valence-electron chi connectivity index (χ2n) is 4.97. The van der Waals surface area contributed by atoms with Crippen LogP contribution < -0.4 is 11.1 Å². The van der Waals surface area contributed by atoms with Crippen molar-refractivity contribution >= 4 is 15.9 Å². The Labute approximate surface area is 126 Å². The number of nitrogens with one attached hydrogen (secondary N) is 1. The van der Waals surface area contributed by atoms with Crippen LogP contribution in [0.25, 0.3) is 0 Å². The lowest BCUT2D eigenvalue weighted by molar-refractivity contribution is -0.118. The van der Waals surface area contributed by atoms with E-state index in [4.69, 9.17) is 5.73 Å². The van der Waals surface area contributed by atoms with Gasteiger partial charge in [-0.2, -0.15) is 4.31 Å². The minimum Gasteiger partial charge on any atom is -0.369 e. The Balaban J connectivity index is 2.88. The summed E-state index contributed by atoms with van der Waals surface area (Å²) in [7, 11) is -2.35. The summed E-state index contributed by atoms with van der Waals surface area (Å²) < 4.78 is 25.4. The molecule has 3 N–H and O–H groups in total. The minimum atomic E-state index is -3.68. The second-order valence-corrected chi connectivity index (χ2v) is 7.02. The van der Waals surface area contributed by atoms with Crippen LogP contribution in [0.4, 0.5) is 0 Å². The highest BCUT2D eigenvalue weighted by molar-refractivity contribution is 7.89. The van der Waals surface area contributed by atoms with Gasteiger partial charge in [0.1, 0.15) is 0 Å². The van der Waals surface area contributed by atoms with E-state index in [2.05, 4.69) is 12.2 Å². The van der Waals surface area contributed by atoms with Crippen molar-refractivity contribution in [3.63, 3.8) is 0 Å². The van der Waals surface area contributed by atoms with Gasteiger partial charge in [0.15, 0.2) is 0 Å². The van der Waals surface area contributed by atoms with Gasteiger partial charge < -0.3 is 11.1 Å². The molecule has 0 saturated heterocycles. The van der Waals surface area contributed by atoms with Crippen molar-refractivity contribution in [2.75, 3.05) is 20.1 Å². The third kappa shape index (κ3) is 4.80. The number of likely N-dealkylation sites (N-methyl/N-ethyl adjacent to an activating group) is 1. The van der Waals surface area contributed by atoms with Crippen LogP contribution in [0.3, 0.4) is 0 Å². The molecule has 1 unspecified atom stereocenters. The lowest BCUT2D eigenvalue weighted by Crippen LogP contribution is -2.35. The number of hydrogen-bond acceptors (Lipinski definition) is 4. The van der Waals surface area contributed by atoms with E-state index in [-0.39, 0.29) is 17.5 Å². The normalized spacial score (nSPS) is 13.3. The Bertz CT molecular complexity index is 570. The molecule has 0 saturated carbocycles. The Hall–Kier alpha value is -1.44. The third-order valence-corrected chi connectivity index (χ3v) is 4.98. The molecule has 0 spiro atoms. The van der Waals surface area contributed by atoms with Crippen molar-refractivity contribution in [3.8, 4) is 0 Å². The molecule has 118 valence electrons. The summed E-state index contributed by atoms with van der Waals surface area (Å²) in [4.78, 5) is 11.0. The molecule has 0 aromatic heterocycles. The van der Waals surface area contributed by atoms with Gasteiger partial charge in [-0.3, -0.25) is 4.79 Å². The number of carbonyl (C=O) groups excluding carboxylic acids is 1. The van der Waals surface area contributed by atoms with Crippen LogP contribution >= 0.6 is 0 Å². The van der Waals surface area contributed by atoms with Gasteiger partial charge in [-0.25, -0.2) is 8.42 Å². The molecule has 0 heterocycles. The maximum absolute atomic E-state index is 12.2. The van der Waals surface area contributed by atoms with E-state index < -0.39 is 15.9 Å². The van der Waals surface area contributed by atoms with Gasteiger partial charge in [0.05, 0.1) is 11.4 Å². The first-order valence-electron chi connectivity index (χ1n) is 6.87. The Kier molecular flexibility index (Phi) is 6.32. The van der Waals surface area contributed by atoms with Crippen molar-refractivity contribution < 1.29 is 13.2 Å².